The molecule has 1 aromatic rings. The van der Waals surface area contributed by atoms with Crippen LogP contribution in [0.15, 0.2) is 30.3 Å². The fraction of sp³-hybridized carbons (Fsp3) is 0.538. The van der Waals surface area contributed by atoms with Crippen LogP contribution in [0.4, 0.5) is 0 Å². The van der Waals surface area contributed by atoms with E-state index in [1.54, 1.807) is 0 Å². The maximum Gasteiger partial charge on any atom is 0.185 e. The lowest BCUT2D eigenvalue weighted by Gasteiger charge is -2.17. The molecule has 0 aliphatic carbocycles. The van der Waals surface area contributed by atoms with Gasteiger partial charge in [-0.2, -0.15) is 0 Å². The van der Waals surface area contributed by atoms with Gasteiger partial charge in [0, 0.05) is 5.56 Å². The van der Waals surface area contributed by atoms with Gasteiger partial charge in [0.15, 0.2) is 12.6 Å². The molecule has 4 heteroatoms. The Balaban J connectivity index is 1.78. The number of fused-ring (bicyclic) bond motifs is 1. The average molecular weight is 236 g/mol. The highest BCUT2D eigenvalue weighted by molar-refractivity contribution is 5.17. The van der Waals surface area contributed by atoms with E-state index in [4.69, 9.17) is 14.2 Å². The van der Waals surface area contributed by atoms with Crippen LogP contribution in [0.25, 0.3) is 0 Å². The normalized spacial score (nSPS) is 40.5. The molecule has 1 N–H and O–H groups in total. The first-order chi connectivity index (χ1) is 8.29. The van der Waals surface area contributed by atoms with E-state index in [9.17, 15) is 5.11 Å². The lowest BCUT2D eigenvalue weighted by atomic mass is 10.1. The van der Waals surface area contributed by atoms with Gasteiger partial charge in [0.2, 0.25) is 0 Å². The minimum Gasteiger partial charge on any atom is -0.366 e. The third kappa shape index (κ3) is 1.87. The third-order valence-corrected chi connectivity index (χ3v) is 3.32. The van der Waals surface area contributed by atoms with Crippen molar-refractivity contribution in [3.63, 3.8) is 0 Å². The fourth-order valence-corrected chi connectivity index (χ4v) is 2.43. The maximum atomic E-state index is 9.74. The molecular formula is C13H16O4. The molecule has 4 nitrogen and oxygen atoms in total. The zero-order chi connectivity index (χ0) is 11.8. The van der Waals surface area contributed by atoms with Crippen molar-refractivity contribution in [2.45, 2.75) is 44.2 Å². The fourth-order valence-electron chi connectivity index (χ4n) is 2.43. The predicted molar refractivity (Wildman–Crippen MR) is 60.1 cm³/mol. The summed E-state index contributed by atoms with van der Waals surface area (Å²) in [7, 11) is 0. The van der Waals surface area contributed by atoms with Crippen molar-refractivity contribution in [3.8, 4) is 0 Å². The Morgan fingerprint density at radius 1 is 1.06 bits per heavy atom. The van der Waals surface area contributed by atoms with Crippen molar-refractivity contribution in [1.82, 2.24) is 0 Å². The summed E-state index contributed by atoms with van der Waals surface area (Å²) in [5.41, 5.74) is 0.976. The van der Waals surface area contributed by atoms with E-state index in [2.05, 4.69) is 0 Å². The van der Waals surface area contributed by atoms with E-state index in [-0.39, 0.29) is 18.3 Å². The Morgan fingerprint density at radius 3 is 2.47 bits per heavy atom. The van der Waals surface area contributed by atoms with Crippen LogP contribution in [0.3, 0.4) is 0 Å². The molecule has 1 aromatic carbocycles. The molecule has 0 radical (unpaired) electrons. The zero-order valence-corrected chi connectivity index (χ0v) is 9.65. The number of ether oxygens (including phenoxy) is 3. The van der Waals surface area contributed by atoms with Gasteiger partial charge in [-0.05, 0) is 6.42 Å². The molecule has 2 aliphatic rings. The van der Waals surface area contributed by atoms with Crippen LogP contribution in [-0.4, -0.2) is 29.7 Å². The standard InChI is InChI=1S/C13H16O4/c1-2-9-10-11(12(14)15-9)17-13(16-10)8-6-4-3-5-7-8/h3-7,9-14H,2H2,1H3/t9-,10-,11-,12-,13?/m1/s1. The molecule has 0 aromatic heterocycles. The van der Waals surface area contributed by atoms with Crippen molar-refractivity contribution in [2.75, 3.05) is 0 Å². The molecule has 3 rings (SSSR count). The van der Waals surface area contributed by atoms with Gasteiger partial charge in [0.05, 0.1) is 6.10 Å². The first kappa shape index (κ1) is 11.2. The van der Waals surface area contributed by atoms with Crippen LogP contribution in [0, 0.1) is 0 Å². The Kier molecular flexibility index (Phi) is 2.88. The van der Waals surface area contributed by atoms with Crippen molar-refractivity contribution < 1.29 is 19.3 Å². The molecule has 2 fully saturated rings. The number of aliphatic hydroxyl groups is 1. The van der Waals surface area contributed by atoms with Gasteiger partial charge in [0.25, 0.3) is 0 Å². The van der Waals surface area contributed by atoms with Crippen LogP contribution in [0.1, 0.15) is 25.2 Å². The van der Waals surface area contributed by atoms with Gasteiger partial charge in [-0.25, -0.2) is 0 Å². The lowest BCUT2D eigenvalue weighted by molar-refractivity contribution is -0.185. The number of benzene rings is 1. The summed E-state index contributed by atoms with van der Waals surface area (Å²) < 4.78 is 16.9. The summed E-state index contributed by atoms with van der Waals surface area (Å²) in [5.74, 6) is 0. The molecule has 0 spiro atoms. The van der Waals surface area contributed by atoms with E-state index in [1.165, 1.54) is 0 Å². The molecule has 5 atom stereocenters. The van der Waals surface area contributed by atoms with Gasteiger partial charge in [0.1, 0.15) is 12.2 Å². The summed E-state index contributed by atoms with van der Waals surface area (Å²) in [6.07, 6.45) is -1.07. The van der Waals surface area contributed by atoms with Crippen molar-refractivity contribution >= 4 is 0 Å². The van der Waals surface area contributed by atoms with E-state index < -0.39 is 12.6 Å². The topological polar surface area (TPSA) is 47.9 Å². The number of hydrogen-bond acceptors (Lipinski definition) is 4. The van der Waals surface area contributed by atoms with E-state index >= 15 is 0 Å². The van der Waals surface area contributed by atoms with Crippen LogP contribution in [0.5, 0.6) is 0 Å². The second-order valence-electron chi connectivity index (χ2n) is 4.42. The molecule has 0 saturated carbocycles. The van der Waals surface area contributed by atoms with Crippen molar-refractivity contribution in [3.05, 3.63) is 35.9 Å². The van der Waals surface area contributed by atoms with Crippen LogP contribution in [-0.2, 0) is 14.2 Å². The van der Waals surface area contributed by atoms with Gasteiger partial charge in [-0.15, -0.1) is 0 Å². The summed E-state index contributed by atoms with van der Waals surface area (Å²) in [5, 5.41) is 9.74. The van der Waals surface area contributed by atoms with Gasteiger partial charge in [-0.3, -0.25) is 0 Å². The number of aliphatic hydroxyl groups excluding tert-OH is 1. The molecule has 2 heterocycles. The van der Waals surface area contributed by atoms with Gasteiger partial charge >= 0.3 is 0 Å². The highest BCUT2D eigenvalue weighted by Gasteiger charge is 2.51. The molecule has 1 unspecified atom stereocenters. The second-order valence-corrected chi connectivity index (χ2v) is 4.42. The Morgan fingerprint density at radius 2 is 1.76 bits per heavy atom. The quantitative estimate of drug-likeness (QED) is 0.847. The molecule has 17 heavy (non-hydrogen) atoms. The monoisotopic (exact) mass is 236 g/mol. The summed E-state index contributed by atoms with van der Waals surface area (Å²) >= 11 is 0. The van der Waals surface area contributed by atoms with E-state index in [0.29, 0.717) is 0 Å². The second kappa shape index (κ2) is 4.38. The molecule has 0 amide bonds. The molecule has 2 saturated heterocycles. The van der Waals surface area contributed by atoms with Gasteiger partial charge in [-0.1, -0.05) is 37.3 Å². The van der Waals surface area contributed by atoms with Crippen molar-refractivity contribution in [2.24, 2.45) is 0 Å². The maximum absolute atomic E-state index is 9.74. The number of rotatable bonds is 2. The van der Waals surface area contributed by atoms with Gasteiger partial charge < -0.3 is 19.3 Å². The zero-order valence-electron chi connectivity index (χ0n) is 9.65. The average Bonchev–Trinajstić information content (AvgIpc) is 2.92. The number of hydrogen-bond donors (Lipinski definition) is 1. The van der Waals surface area contributed by atoms with Crippen LogP contribution < -0.4 is 0 Å². The largest absolute Gasteiger partial charge is 0.366 e. The Labute approximate surface area is 100 Å². The highest BCUT2D eigenvalue weighted by Crippen LogP contribution is 2.40. The first-order valence-corrected chi connectivity index (χ1v) is 5.99. The minimum atomic E-state index is -0.876. The summed E-state index contributed by atoms with van der Waals surface area (Å²) in [6.45, 7) is 2.01. The Bertz CT molecular complexity index is 380. The van der Waals surface area contributed by atoms with E-state index in [1.807, 2.05) is 37.3 Å². The molecule has 0 bridgehead atoms. The van der Waals surface area contributed by atoms with E-state index in [0.717, 1.165) is 12.0 Å². The molecule has 92 valence electrons. The Hall–Kier alpha value is -0.940. The minimum absolute atomic E-state index is 0.0799. The predicted octanol–water partition coefficient (Wildman–Crippen LogP) is 1.60. The SMILES string of the molecule is CC[C@H]1O[C@@H](O)[C@@H]2OC(c3ccccc3)O[C@@H]21. The lowest BCUT2D eigenvalue weighted by Crippen LogP contribution is -2.29. The van der Waals surface area contributed by atoms with Crippen LogP contribution in [0.2, 0.25) is 0 Å². The molecular weight excluding hydrogens is 220 g/mol. The summed E-state index contributed by atoms with van der Waals surface area (Å²) in [6, 6.07) is 9.76. The smallest absolute Gasteiger partial charge is 0.185 e. The first-order valence-electron chi connectivity index (χ1n) is 5.99. The van der Waals surface area contributed by atoms with Crippen molar-refractivity contribution in [1.29, 1.82) is 0 Å². The van der Waals surface area contributed by atoms with Crippen LogP contribution >= 0.6 is 0 Å². The molecule has 2 aliphatic heterocycles. The summed E-state index contributed by atoms with van der Waals surface area (Å²) in [4.78, 5) is 0. The third-order valence-electron chi connectivity index (χ3n) is 3.32. The highest BCUT2D eigenvalue weighted by atomic mass is 16.8.